The van der Waals surface area contributed by atoms with Gasteiger partial charge in [0.05, 0.1) is 5.56 Å². The van der Waals surface area contributed by atoms with E-state index in [9.17, 15) is 27.6 Å². The molecule has 9 heteroatoms. The fourth-order valence-electron chi connectivity index (χ4n) is 2.68. The molecule has 1 aliphatic rings. The average Bonchev–Trinajstić information content (AvgIpc) is 2.50. The Morgan fingerprint density at radius 2 is 1.88 bits per heavy atom. The molecule has 0 unspecified atom stereocenters. The number of H-pyrrole nitrogens is 1. The van der Waals surface area contributed by atoms with Crippen molar-refractivity contribution in [1.29, 1.82) is 0 Å². The van der Waals surface area contributed by atoms with Crippen LogP contribution in [-0.4, -0.2) is 22.8 Å². The van der Waals surface area contributed by atoms with Crippen LogP contribution < -0.4 is 16.2 Å². The van der Waals surface area contributed by atoms with E-state index in [0.717, 1.165) is 25.7 Å². The van der Waals surface area contributed by atoms with Crippen LogP contribution in [0.15, 0.2) is 17.1 Å². The molecule has 3 N–H and O–H groups in total. The van der Waals surface area contributed by atoms with E-state index in [0.29, 0.717) is 12.3 Å². The van der Waals surface area contributed by atoms with Gasteiger partial charge in [0.25, 0.3) is 5.56 Å². The fourth-order valence-corrected chi connectivity index (χ4v) is 2.68. The first-order valence-electron chi connectivity index (χ1n) is 7.60. The summed E-state index contributed by atoms with van der Waals surface area (Å²) >= 11 is 0. The molecule has 0 aliphatic heterocycles. The molecular formula is C15H18F3N3O3. The third-order valence-corrected chi connectivity index (χ3v) is 4.11. The van der Waals surface area contributed by atoms with Gasteiger partial charge in [-0.25, -0.2) is 0 Å². The monoisotopic (exact) mass is 345 g/mol. The molecule has 1 saturated carbocycles. The summed E-state index contributed by atoms with van der Waals surface area (Å²) < 4.78 is 37.9. The molecule has 1 aromatic heterocycles. The van der Waals surface area contributed by atoms with Crippen molar-refractivity contribution in [2.75, 3.05) is 5.32 Å². The molecule has 6 nitrogen and oxygen atoms in total. The van der Waals surface area contributed by atoms with Crippen LogP contribution >= 0.6 is 0 Å². The van der Waals surface area contributed by atoms with Crippen LogP contribution in [0.1, 0.15) is 38.2 Å². The lowest BCUT2D eigenvalue weighted by Gasteiger charge is -2.29. The highest BCUT2D eigenvalue weighted by atomic mass is 19.4. The topological polar surface area (TPSA) is 91.1 Å². The molecule has 0 aromatic carbocycles. The Labute approximate surface area is 135 Å². The van der Waals surface area contributed by atoms with Gasteiger partial charge in [-0.2, -0.15) is 13.2 Å². The summed E-state index contributed by atoms with van der Waals surface area (Å²) in [6.45, 7) is 1.96. The van der Waals surface area contributed by atoms with Crippen molar-refractivity contribution in [3.63, 3.8) is 0 Å². The van der Waals surface area contributed by atoms with Crippen molar-refractivity contribution in [2.24, 2.45) is 5.92 Å². The van der Waals surface area contributed by atoms with Gasteiger partial charge in [0, 0.05) is 12.2 Å². The number of anilines is 1. The van der Waals surface area contributed by atoms with Gasteiger partial charge >= 0.3 is 18.0 Å². The maximum atomic E-state index is 12.6. The Morgan fingerprint density at radius 3 is 2.50 bits per heavy atom. The normalized spacial score (nSPS) is 21.2. The van der Waals surface area contributed by atoms with Crippen LogP contribution in [0, 0.1) is 5.92 Å². The highest BCUT2D eigenvalue weighted by molar-refractivity contribution is 6.39. The maximum Gasteiger partial charge on any atom is 0.417 e. The molecule has 0 radical (unpaired) electrons. The van der Waals surface area contributed by atoms with Crippen LogP contribution in [0.2, 0.25) is 0 Å². The highest BCUT2D eigenvalue weighted by Gasteiger charge is 2.32. The Hall–Kier alpha value is -2.32. The number of alkyl halides is 3. The van der Waals surface area contributed by atoms with Gasteiger partial charge in [-0.1, -0.05) is 19.8 Å². The number of hydrogen-bond acceptors (Lipinski definition) is 3. The summed E-state index contributed by atoms with van der Waals surface area (Å²) in [5.41, 5.74) is -2.67. The Bertz CT molecular complexity index is 685. The van der Waals surface area contributed by atoms with Crippen LogP contribution in [0.3, 0.4) is 0 Å². The maximum absolute atomic E-state index is 12.6. The number of carbonyl (C=O) groups is 2. The number of carbonyl (C=O) groups excluding carboxylic acids is 2. The molecular weight excluding hydrogens is 327 g/mol. The largest absolute Gasteiger partial charge is 0.417 e. The van der Waals surface area contributed by atoms with Gasteiger partial charge in [0.1, 0.15) is 5.69 Å². The van der Waals surface area contributed by atoms with Crippen molar-refractivity contribution in [3.05, 3.63) is 28.2 Å². The minimum absolute atomic E-state index is 0.156. The minimum Gasteiger partial charge on any atom is -0.345 e. The summed E-state index contributed by atoms with van der Waals surface area (Å²) in [6.07, 6.45) is -0.515. The summed E-state index contributed by atoms with van der Waals surface area (Å²) in [6, 6.07) is 0.338. The summed E-state index contributed by atoms with van der Waals surface area (Å²) in [4.78, 5) is 37.2. The SMILES string of the molecule is C[C@H]1CCCC[C@@H]1NC(=O)C(=O)Nc1cc(C(F)(F)F)c[nH]c1=O. The van der Waals surface area contributed by atoms with E-state index in [4.69, 9.17) is 0 Å². The molecule has 2 atom stereocenters. The van der Waals surface area contributed by atoms with Crippen LogP contribution in [0.25, 0.3) is 0 Å². The van der Waals surface area contributed by atoms with E-state index >= 15 is 0 Å². The van der Waals surface area contributed by atoms with Gasteiger partial charge in [-0.15, -0.1) is 0 Å². The van der Waals surface area contributed by atoms with Gasteiger partial charge in [0.2, 0.25) is 0 Å². The average molecular weight is 345 g/mol. The van der Waals surface area contributed by atoms with Crippen LogP contribution in [0.4, 0.5) is 18.9 Å². The predicted molar refractivity (Wildman–Crippen MR) is 80.3 cm³/mol. The number of nitrogens with one attached hydrogen (secondary N) is 3. The van der Waals surface area contributed by atoms with E-state index in [1.54, 1.807) is 0 Å². The lowest BCUT2D eigenvalue weighted by atomic mass is 9.86. The molecule has 1 aliphatic carbocycles. The molecule has 0 spiro atoms. The van der Waals surface area contributed by atoms with Gasteiger partial charge in [-0.05, 0) is 24.8 Å². The number of rotatable bonds is 2. The molecule has 1 heterocycles. The summed E-state index contributed by atoms with van der Waals surface area (Å²) in [5.74, 6) is -1.92. The van der Waals surface area contributed by atoms with Crippen molar-refractivity contribution >= 4 is 17.5 Å². The number of aromatic amines is 1. The zero-order valence-corrected chi connectivity index (χ0v) is 13.0. The van der Waals surface area contributed by atoms with Crippen molar-refractivity contribution in [3.8, 4) is 0 Å². The van der Waals surface area contributed by atoms with E-state index in [1.807, 2.05) is 17.2 Å². The zero-order valence-electron chi connectivity index (χ0n) is 13.0. The third kappa shape index (κ3) is 4.36. The second-order valence-electron chi connectivity index (χ2n) is 5.92. The Balaban J connectivity index is 2.06. The van der Waals surface area contributed by atoms with Crippen molar-refractivity contribution < 1.29 is 22.8 Å². The summed E-state index contributed by atoms with van der Waals surface area (Å²) in [7, 11) is 0. The van der Waals surface area contributed by atoms with Crippen LogP contribution in [-0.2, 0) is 15.8 Å². The molecule has 1 fully saturated rings. The van der Waals surface area contributed by atoms with Gasteiger partial charge in [-0.3, -0.25) is 14.4 Å². The number of aromatic nitrogens is 1. The standard InChI is InChI=1S/C15H18F3N3O3/c1-8-4-2-3-5-10(8)20-13(23)14(24)21-11-6-9(15(16,17)18)7-19-12(11)22/h6-8,10H,2-5H2,1H3,(H,19,22)(H,20,23)(H,21,24)/t8-,10-/m0/s1. The molecule has 0 saturated heterocycles. The van der Waals surface area contributed by atoms with Gasteiger partial charge in [0.15, 0.2) is 0 Å². The lowest BCUT2D eigenvalue weighted by molar-refractivity contribution is -0.138. The number of halogens is 3. The predicted octanol–water partition coefficient (Wildman–Crippen LogP) is 2.03. The number of amides is 2. The smallest absolute Gasteiger partial charge is 0.345 e. The second-order valence-corrected chi connectivity index (χ2v) is 5.92. The molecule has 24 heavy (non-hydrogen) atoms. The Kier molecular flexibility index (Phi) is 5.30. The van der Waals surface area contributed by atoms with Crippen molar-refractivity contribution in [2.45, 2.75) is 44.8 Å². The van der Waals surface area contributed by atoms with E-state index < -0.39 is 34.8 Å². The quantitative estimate of drug-likeness (QED) is 0.716. The molecule has 0 bridgehead atoms. The Morgan fingerprint density at radius 1 is 1.21 bits per heavy atom. The molecule has 1 aromatic rings. The van der Waals surface area contributed by atoms with E-state index in [1.165, 1.54) is 0 Å². The molecule has 132 valence electrons. The molecule has 2 rings (SSSR count). The first-order valence-corrected chi connectivity index (χ1v) is 7.60. The fraction of sp³-hybridized carbons (Fsp3) is 0.533. The zero-order chi connectivity index (χ0) is 17.9. The van der Waals surface area contributed by atoms with Gasteiger partial charge < -0.3 is 15.6 Å². The minimum atomic E-state index is -4.68. The summed E-state index contributed by atoms with van der Waals surface area (Å²) in [5, 5.41) is 4.50. The van der Waals surface area contributed by atoms with Crippen LogP contribution in [0.5, 0.6) is 0 Å². The second kappa shape index (κ2) is 7.06. The highest BCUT2D eigenvalue weighted by Crippen LogP contribution is 2.29. The molecule has 2 amide bonds. The van der Waals surface area contributed by atoms with E-state index in [2.05, 4.69) is 5.32 Å². The van der Waals surface area contributed by atoms with Crippen molar-refractivity contribution in [1.82, 2.24) is 10.3 Å². The number of pyridine rings is 1. The van der Waals surface area contributed by atoms with E-state index in [-0.39, 0.29) is 12.0 Å². The third-order valence-electron chi connectivity index (χ3n) is 4.11. The number of hydrogen-bond donors (Lipinski definition) is 3. The first-order chi connectivity index (χ1) is 11.2. The lowest BCUT2D eigenvalue weighted by Crippen LogP contribution is -2.46. The first kappa shape index (κ1) is 18.0.